The van der Waals surface area contributed by atoms with Crippen LogP contribution in [0.2, 0.25) is 15.5 Å². The predicted octanol–water partition coefficient (Wildman–Crippen LogP) is 4.49. The third kappa shape index (κ3) is 13.6. The zero-order chi connectivity index (χ0) is 47.1. The number of H-pyrrole nitrogens is 2. The summed E-state index contributed by atoms with van der Waals surface area (Å²) in [4.78, 5) is 86.6. The summed E-state index contributed by atoms with van der Waals surface area (Å²) in [6, 6.07) is 4.10. The Hall–Kier alpha value is -7.24. The fraction of sp³-hybridized carbons (Fsp3) is 0.270. The molecule has 26 heteroatoms. The Kier molecular flexibility index (Phi) is 18.4. The summed E-state index contributed by atoms with van der Waals surface area (Å²) < 4.78 is 13.2. The van der Waals surface area contributed by atoms with Gasteiger partial charge in [-0.15, -0.1) is 0 Å². The van der Waals surface area contributed by atoms with E-state index in [2.05, 4.69) is 55.2 Å². The highest BCUT2D eigenvalue weighted by Crippen LogP contribution is 2.20. The SMILES string of the molecule is CC(=O)c1cnn2c(Cl)cc(Cl)nc12.CC(=O)c1cnn2c(O)cc(=O)[nH]c12.CCOC(=O)CC(C)=O.CCOC(=O)c1cn[nH]c1N.CNc1cc(Cl)nc2c(C(C)=O)cnn12. The molecule has 0 bridgehead atoms. The Bertz CT molecular complexity index is 2850. The number of ether oxygens (including phenoxy) is 2. The number of carbonyl (C=O) groups is 6. The minimum Gasteiger partial charge on any atom is -0.493 e. The minimum atomic E-state index is -0.474. The summed E-state index contributed by atoms with van der Waals surface area (Å²) in [5.41, 5.74) is 7.38. The lowest BCUT2D eigenvalue weighted by Gasteiger charge is -2.03. The first-order chi connectivity index (χ1) is 29.7. The van der Waals surface area contributed by atoms with Gasteiger partial charge in [-0.05, 0) is 41.5 Å². The molecule has 0 aliphatic heterocycles. The largest absolute Gasteiger partial charge is 0.493 e. The van der Waals surface area contributed by atoms with Gasteiger partial charge < -0.3 is 30.6 Å². The summed E-state index contributed by atoms with van der Waals surface area (Å²) in [6.07, 6.45) is 5.45. The van der Waals surface area contributed by atoms with Crippen molar-refractivity contribution in [3.8, 4) is 5.88 Å². The molecule has 0 unspecified atom stereocenters. The van der Waals surface area contributed by atoms with Gasteiger partial charge in [0.1, 0.15) is 44.9 Å². The van der Waals surface area contributed by atoms with Crippen LogP contribution in [0.3, 0.4) is 0 Å². The monoisotopic (exact) mass is 931 g/mol. The third-order valence-corrected chi connectivity index (χ3v) is 8.24. The van der Waals surface area contributed by atoms with E-state index in [0.29, 0.717) is 51.8 Å². The molecule has 23 nitrogen and oxygen atoms in total. The second-order valence-corrected chi connectivity index (χ2v) is 13.4. The molecular formula is C37H40Cl3N13O10. The fourth-order valence-electron chi connectivity index (χ4n) is 4.82. The summed E-state index contributed by atoms with van der Waals surface area (Å²) in [5, 5.41) is 30.9. The Labute approximate surface area is 370 Å². The first-order valence-corrected chi connectivity index (χ1v) is 19.2. The van der Waals surface area contributed by atoms with E-state index in [0.717, 1.165) is 10.6 Å². The van der Waals surface area contributed by atoms with Crippen LogP contribution in [0.15, 0.2) is 47.8 Å². The number of nitrogens with two attached hydrogens (primary N) is 1. The Morgan fingerprint density at radius 3 is 1.78 bits per heavy atom. The van der Waals surface area contributed by atoms with Gasteiger partial charge in [0.2, 0.25) is 5.88 Å². The van der Waals surface area contributed by atoms with Crippen LogP contribution in [0.5, 0.6) is 5.88 Å². The summed E-state index contributed by atoms with van der Waals surface area (Å²) in [6.45, 7) is 9.74. The smallest absolute Gasteiger partial charge is 0.343 e. The summed E-state index contributed by atoms with van der Waals surface area (Å²) >= 11 is 17.4. The highest BCUT2D eigenvalue weighted by atomic mass is 35.5. The van der Waals surface area contributed by atoms with Crippen molar-refractivity contribution in [2.45, 2.75) is 48.0 Å². The molecule has 0 radical (unpaired) electrons. The maximum absolute atomic E-state index is 11.3. The van der Waals surface area contributed by atoms with Gasteiger partial charge in [-0.3, -0.25) is 33.9 Å². The second-order valence-electron chi connectivity index (χ2n) is 12.3. The van der Waals surface area contributed by atoms with Gasteiger partial charge in [0.15, 0.2) is 34.3 Å². The lowest BCUT2D eigenvalue weighted by molar-refractivity contribution is -0.145. The maximum atomic E-state index is 11.3. The normalized spacial score (nSPS) is 10.2. The number of rotatable bonds is 9. The third-order valence-electron chi connectivity index (χ3n) is 7.58. The van der Waals surface area contributed by atoms with Gasteiger partial charge in [0.05, 0.1) is 60.8 Å². The van der Waals surface area contributed by atoms with Crippen molar-refractivity contribution >= 4 is 98.5 Å². The fourth-order valence-corrected chi connectivity index (χ4v) is 5.47. The van der Waals surface area contributed by atoms with Crippen molar-refractivity contribution in [3.05, 3.63) is 91.1 Å². The number of nitrogen functional groups attached to an aromatic ring is 1. The lowest BCUT2D eigenvalue weighted by atomic mass is 10.2. The predicted molar refractivity (Wildman–Crippen MR) is 229 cm³/mol. The standard InChI is InChI=1S/C9H9ClN4O.C8H5Cl2N3O.C8H7N3O3.C6H9N3O2.C6H10O3/c1-5(15)6-4-12-14-8(11-2)3-7(10)13-9(6)14;1-4(14)5-3-11-13-7(10)2-6(9)12-8(5)13;1-4(12)5-3-9-11-7(14)2-6(13)10-8(5)11;1-2-11-6(10)4-3-8-9-5(4)7;1-3-9-6(8)4-5(2)7/h3-4,11H,1-2H3;2-3H,1H3;2-3,14H,1H3,(H,10,13);3H,2H2,1H3,(H3,7,8,9);3-4H2,1-2H3. The molecule has 7 heterocycles. The van der Waals surface area contributed by atoms with E-state index >= 15 is 0 Å². The average Bonchev–Trinajstić information content (AvgIpc) is 4.01. The molecule has 63 heavy (non-hydrogen) atoms. The number of fused-ring (bicyclic) bond motifs is 3. The minimum absolute atomic E-state index is 0.0816. The van der Waals surface area contributed by atoms with Crippen molar-refractivity contribution in [2.75, 3.05) is 31.3 Å². The molecule has 0 saturated carbocycles. The number of Topliss-reactive ketones (excluding diaryl/α,β-unsaturated/α-hetero) is 4. The second kappa shape index (κ2) is 23.1. The number of aromatic amines is 2. The van der Waals surface area contributed by atoms with Crippen molar-refractivity contribution in [2.24, 2.45) is 0 Å². The van der Waals surface area contributed by atoms with E-state index in [1.165, 1.54) is 63.1 Å². The van der Waals surface area contributed by atoms with Gasteiger partial charge in [0.25, 0.3) is 5.56 Å². The molecule has 0 aromatic carbocycles. The van der Waals surface area contributed by atoms with Crippen molar-refractivity contribution < 1.29 is 43.3 Å². The Morgan fingerprint density at radius 1 is 0.746 bits per heavy atom. The van der Waals surface area contributed by atoms with Gasteiger partial charge in [-0.2, -0.15) is 29.4 Å². The Morgan fingerprint density at radius 2 is 1.27 bits per heavy atom. The van der Waals surface area contributed by atoms with Crippen LogP contribution in [0.4, 0.5) is 11.6 Å². The van der Waals surface area contributed by atoms with Crippen molar-refractivity contribution in [1.82, 2.24) is 54.0 Å². The molecule has 0 spiro atoms. The van der Waals surface area contributed by atoms with Gasteiger partial charge in [-0.25, -0.2) is 19.3 Å². The van der Waals surface area contributed by atoms with Crippen LogP contribution < -0.4 is 16.6 Å². The van der Waals surface area contributed by atoms with E-state index in [4.69, 9.17) is 40.5 Å². The summed E-state index contributed by atoms with van der Waals surface area (Å²) in [7, 11) is 1.75. The number of nitrogens with zero attached hydrogens (tertiary/aromatic N) is 9. The molecule has 7 rings (SSSR count). The van der Waals surface area contributed by atoms with Crippen LogP contribution in [0.1, 0.15) is 89.4 Å². The summed E-state index contributed by atoms with van der Waals surface area (Å²) in [5.74, 6) is -0.830. The lowest BCUT2D eigenvalue weighted by Crippen LogP contribution is -2.08. The number of esters is 2. The molecule has 0 fully saturated rings. The first kappa shape index (κ1) is 50.1. The molecule has 0 saturated heterocycles. The number of anilines is 2. The highest BCUT2D eigenvalue weighted by Gasteiger charge is 2.15. The first-order valence-electron chi connectivity index (χ1n) is 18.1. The van der Waals surface area contributed by atoms with E-state index in [1.807, 2.05) is 0 Å². The van der Waals surface area contributed by atoms with Crippen LogP contribution >= 0.6 is 34.8 Å². The van der Waals surface area contributed by atoms with E-state index in [1.54, 1.807) is 31.5 Å². The maximum Gasteiger partial charge on any atom is 0.343 e. The topological polar surface area (TPSA) is 318 Å². The van der Waals surface area contributed by atoms with Crippen LogP contribution in [-0.4, -0.2) is 114 Å². The number of hydrogen-bond donors (Lipinski definition) is 5. The molecular weight excluding hydrogens is 893 g/mol. The molecule has 0 amide bonds. The number of nitrogens with one attached hydrogen (secondary N) is 3. The van der Waals surface area contributed by atoms with Crippen LogP contribution in [-0.2, 0) is 19.1 Å². The Balaban J connectivity index is 0.000000212. The molecule has 0 atom stereocenters. The number of carbonyl (C=O) groups excluding carboxylic acids is 6. The molecule has 0 aliphatic carbocycles. The van der Waals surface area contributed by atoms with E-state index in [9.17, 15) is 38.7 Å². The molecule has 0 aliphatic rings. The molecule has 7 aromatic heterocycles. The van der Waals surface area contributed by atoms with Gasteiger partial charge in [-0.1, -0.05) is 34.8 Å². The van der Waals surface area contributed by atoms with Crippen molar-refractivity contribution in [3.63, 3.8) is 0 Å². The van der Waals surface area contributed by atoms with E-state index < -0.39 is 17.5 Å². The number of hydrogen-bond acceptors (Lipinski definition) is 18. The molecule has 7 aromatic rings. The van der Waals surface area contributed by atoms with Crippen LogP contribution in [0, 0.1) is 0 Å². The quantitative estimate of drug-likeness (QED) is 0.0576. The van der Waals surface area contributed by atoms with Crippen molar-refractivity contribution in [1.29, 1.82) is 0 Å². The zero-order valence-electron chi connectivity index (χ0n) is 34.5. The zero-order valence-corrected chi connectivity index (χ0v) is 36.8. The number of aromatic nitrogens is 11. The number of ketones is 4. The number of aromatic hydroxyl groups is 1. The average molecular weight is 933 g/mol. The molecule has 6 N–H and O–H groups in total. The van der Waals surface area contributed by atoms with Gasteiger partial charge >= 0.3 is 11.9 Å². The number of halogens is 3. The van der Waals surface area contributed by atoms with Gasteiger partial charge in [0, 0.05) is 19.2 Å². The van der Waals surface area contributed by atoms with E-state index in [-0.39, 0.29) is 63.2 Å². The van der Waals surface area contributed by atoms with Crippen LogP contribution in [0.25, 0.3) is 16.9 Å². The molecule has 334 valence electrons. The highest BCUT2D eigenvalue weighted by molar-refractivity contribution is 6.33.